The number of hydrogen-bond acceptors (Lipinski definition) is 2. The third-order valence-corrected chi connectivity index (χ3v) is 2.21. The third-order valence-electron chi connectivity index (χ3n) is 2.21. The lowest BCUT2D eigenvalue weighted by molar-refractivity contribution is 0.575. The monoisotopic (exact) mass is 190 g/mol. The van der Waals surface area contributed by atoms with Gasteiger partial charge in [-0.05, 0) is 44.5 Å². The summed E-state index contributed by atoms with van der Waals surface area (Å²) in [5, 5.41) is 3.44. The van der Waals surface area contributed by atoms with Gasteiger partial charge in [0.1, 0.15) is 0 Å². The Balaban J connectivity index is 2.36. The minimum Gasteiger partial charge on any atom is -0.310 e. The zero-order valence-electron chi connectivity index (χ0n) is 8.96. The highest BCUT2D eigenvalue weighted by Crippen LogP contribution is 2.10. The quantitative estimate of drug-likeness (QED) is 0.722. The van der Waals surface area contributed by atoms with Crippen LogP contribution in [0.3, 0.4) is 0 Å². The molecule has 1 heterocycles. The highest BCUT2D eigenvalue weighted by molar-refractivity contribution is 5.13. The van der Waals surface area contributed by atoms with Gasteiger partial charge in [0.05, 0.1) is 0 Å². The van der Waals surface area contributed by atoms with Crippen molar-refractivity contribution in [2.24, 2.45) is 0 Å². The summed E-state index contributed by atoms with van der Waals surface area (Å²) in [5.74, 6) is 0. The van der Waals surface area contributed by atoms with Gasteiger partial charge in [-0.2, -0.15) is 0 Å². The molecule has 1 rings (SSSR count). The molecule has 1 N–H and O–H groups in total. The molecule has 0 saturated heterocycles. The average Bonchev–Trinajstić information content (AvgIpc) is 2.18. The lowest BCUT2D eigenvalue weighted by atomic mass is 10.1. The van der Waals surface area contributed by atoms with E-state index in [4.69, 9.17) is 0 Å². The molecule has 2 heteroatoms. The van der Waals surface area contributed by atoms with Gasteiger partial charge in [-0.1, -0.05) is 5.57 Å². The molecule has 2 nitrogen and oxygen atoms in total. The molecular weight excluding hydrogens is 172 g/mol. The SMILES string of the molecule is C=C(C)CCN[C@@H](C)c1ccncc1. The number of pyridine rings is 1. The predicted octanol–water partition coefficient (Wildman–Crippen LogP) is 2.70. The molecule has 1 aromatic rings. The Morgan fingerprint density at radius 3 is 2.71 bits per heavy atom. The Labute approximate surface area is 86.1 Å². The van der Waals surface area contributed by atoms with E-state index < -0.39 is 0 Å². The number of nitrogens with one attached hydrogen (secondary N) is 1. The number of nitrogens with zero attached hydrogens (tertiary/aromatic N) is 1. The molecule has 0 unspecified atom stereocenters. The fraction of sp³-hybridized carbons (Fsp3) is 0.417. The van der Waals surface area contributed by atoms with E-state index in [2.05, 4.69) is 30.7 Å². The summed E-state index contributed by atoms with van der Waals surface area (Å²) in [6.45, 7) is 9.07. The smallest absolute Gasteiger partial charge is 0.0293 e. The van der Waals surface area contributed by atoms with Crippen molar-refractivity contribution in [2.75, 3.05) is 6.54 Å². The Morgan fingerprint density at radius 2 is 2.14 bits per heavy atom. The van der Waals surface area contributed by atoms with Crippen LogP contribution in [-0.2, 0) is 0 Å². The van der Waals surface area contributed by atoms with Gasteiger partial charge in [0.25, 0.3) is 0 Å². The fourth-order valence-electron chi connectivity index (χ4n) is 1.27. The molecule has 0 aliphatic carbocycles. The van der Waals surface area contributed by atoms with Crippen molar-refractivity contribution < 1.29 is 0 Å². The maximum Gasteiger partial charge on any atom is 0.0293 e. The summed E-state index contributed by atoms with van der Waals surface area (Å²) in [6, 6.07) is 4.47. The zero-order valence-corrected chi connectivity index (χ0v) is 8.96. The molecule has 0 fully saturated rings. The first-order valence-electron chi connectivity index (χ1n) is 4.98. The van der Waals surface area contributed by atoms with E-state index in [1.807, 2.05) is 24.5 Å². The molecule has 0 amide bonds. The Kier molecular flexibility index (Phi) is 4.33. The molecule has 0 aliphatic rings. The second-order valence-electron chi connectivity index (χ2n) is 3.66. The van der Waals surface area contributed by atoms with Crippen LogP contribution in [0.5, 0.6) is 0 Å². The van der Waals surface area contributed by atoms with Gasteiger partial charge >= 0.3 is 0 Å². The van der Waals surface area contributed by atoms with E-state index in [-0.39, 0.29) is 0 Å². The van der Waals surface area contributed by atoms with Crippen LogP contribution in [0.2, 0.25) is 0 Å². The van der Waals surface area contributed by atoms with E-state index in [9.17, 15) is 0 Å². The number of hydrogen-bond donors (Lipinski definition) is 1. The van der Waals surface area contributed by atoms with Gasteiger partial charge in [0, 0.05) is 18.4 Å². The lowest BCUT2D eigenvalue weighted by Gasteiger charge is -2.13. The minimum atomic E-state index is 0.386. The maximum absolute atomic E-state index is 3.99. The molecule has 0 radical (unpaired) electrons. The average molecular weight is 190 g/mol. The van der Waals surface area contributed by atoms with Crippen molar-refractivity contribution in [3.8, 4) is 0 Å². The minimum absolute atomic E-state index is 0.386. The summed E-state index contributed by atoms with van der Waals surface area (Å²) >= 11 is 0. The summed E-state index contributed by atoms with van der Waals surface area (Å²) in [5.41, 5.74) is 2.50. The molecule has 14 heavy (non-hydrogen) atoms. The van der Waals surface area contributed by atoms with Gasteiger partial charge < -0.3 is 5.32 Å². The van der Waals surface area contributed by atoms with Crippen LogP contribution in [-0.4, -0.2) is 11.5 Å². The molecule has 0 saturated carbocycles. The Bertz CT molecular complexity index is 280. The van der Waals surface area contributed by atoms with E-state index in [1.54, 1.807) is 0 Å². The lowest BCUT2D eigenvalue weighted by Crippen LogP contribution is -2.19. The molecule has 1 atom stereocenters. The molecule has 76 valence electrons. The first-order chi connectivity index (χ1) is 6.70. The summed E-state index contributed by atoms with van der Waals surface area (Å²) in [4.78, 5) is 3.99. The third kappa shape index (κ3) is 3.71. The zero-order chi connectivity index (χ0) is 10.4. The van der Waals surface area contributed by atoms with Crippen LogP contribution >= 0.6 is 0 Å². The van der Waals surface area contributed by atoms with Crippen LogP contribution in [0.4, 0.5) is 0 Å². The van der Waals surface area contributed by atoms with Gasteiger partial charge in [-0.25, -0.2) is 0 Å². The van der Waals surface area contributed by atoms with Crippen molar-refractivity contribution in [2.45, 2.75) is 26.3 Å². The van der Waals surface area contributed by atoms with Crippen molar-refractivity contribution in [3.05, 3.63) is 42.2 Å². The van der Waals surface area contributed by atoms with Crippen LogP contribution in [0.15, 0.2) is 36.7 Å². The van der Waals surface area contributed by atoms with Crippen molar-refractivity contribution in [3.63, 3.8) is 0 Å². The van der Waals surface area contributed by atoms with Gasteiger partial charge in [0.2, 0.25) is 0 Å². The topological polar surface area (TPSA) is 24.9 Å². The van der Waals surface area contributed by atoms with Gasteiger partial charge in [-0.3, -0.25) is 4.98 Å². The van der Waals surface area contributed by atoms with Crippen molar-refractivity contribution in [1.29, 1.82) is 0 Å². The first kappa shape index (κ1) is 10.9. The second kappa shape index (κ2) is 5.55. The van der Waals surface area contributed by atoms with E-state index in [1.165, 1.54) is 11.1 Å². The largest absolute Gasteiger partial charge is 0.310 e. The summed E-state index contributed by atoms with van der Waals surface area (Å²) in [6.07, 6.45) is 4.69. The van der Waals surface area contributed by atoms with Gasteiger partial charge in [-0.15, -0.1) is 6.58 Å². The second-order valence-corrected chi connectivity index (χ2v) is 3.66. The standard InChI is InChI=1S/C12H18N2/c1-10(2)4-9-14-11(3)12-5-7-13-8-6-12/h5-8,11,14H,1,4,9H2,2-3H3/t11-/m0/s1. The molecule has 1 aromatic heterocycles. The van der Waals surface area contributed by atoms with Crippen LogP contribution in [0.25, 0.3) is 0 Å². The number of aromatic nitrogens is 1. The van der Waals surface area contributed by atoms with E-state index in [0.717, 1.165) is 13.0 Å². The Hall–Kier alpha value is -1.15. The molecule has 0 spiro atoms. The normalized spacial score (nSPS) is 12.4. The Morgan fingerprint density at radius 1 is 1.50 bits per heavy atom. The highest BCUT2D eigenvalue weighted by atomic mass is 14.9. The maximum atomic E-state index is 3.99. The van der Waals surface area contributed by atoms with Gasteiger partial charge in [0.15, 0.2) is 0 Å². The fourth-order valence-corrected chi connectivity index (χ4v) is 1.27. The van der Waals surface area contributed by atoms with Crippen LogP contribution < -0.4 is 5.32 Å². The van der Waals surface area contributed by atoms with Crippen LogP contribution in [0.1, 0.15) is 31.9 Å². The van der Waals surface area contributed by atoms with Crippen LogP contribution in [0, 0.1) is 0 Å². The molecular formula is C12H18N2. The molecule has 0 bridgehead atoms. The first-order valence-corrected chi connectivity index (χ1v) is 4.98. The van der Waals surface area contributed by atoms with E-state index in [0.29, 0.717) is 6.04 Å². The highest BCUT2D eigenvalue weighted by Gasteiger charge is 2.02. The summed E-state index contributed by atoms with van der Waals surface area (Å²) < 4.78 is 0. The van der Waals surface area contributed by atoms with E-state index >= 15 is 0 Å². The predicted molar refractivity (Wildman–Crippen MR) is 60.1 cm³/mol. The summed E-state index contributed by atoms with van der Waals surface area (Å²) in [7, 11) is 0. The molecule has 0 aliphatic heterocycles. The molecule has 0 aromatic carbocycles. The van der Waals surface area contributed by atoms with Crippen molar-refractivity contribution in [1.82, 2.24) is 10.3 Å². The van der Waals surface area contributed by atoms with Crippen molar-refractivity contribution >= 4 is 0 Å². The number of rotatable bonds is 5.